The zero-order valence-electron chi connectivity index (χ0n) is 7.79. The third-order valence-corrected chi connectivity index (χ3v) is 3.57. The van der Waals surface area contributed by atoms with Crippen molar-refractivity contribution in [2.45, 2.75) is 6.92 Å². The summed E-state index contributed by atoms with van der Waals surface area (Å²) in [5.41, 5.74) is 1.01. The van der Waals surface area contributed by atoms with Crippen LogP contribution in [0.25, 0.3) is 0 Å². The highest BCUT2D eigenvalue weighted by Crippen LogP contribution is 2.27. The van der Waals surface area contributed by atoms with Gasteiger partial charge < -0.3 is 5.32 Å². The van der Waals surface area contributed by atoms with Gasteiger partial charge in [-0.25, -0.2) is 9.97 Å². The van der Waals surface area contributed by atoms with Crippen LogP contribution in [0.3, 0.4) is 0 Å². The standard InChI is InChI=1S/C9H7Br2N3S/c1-5-4-15-9(13-5)14-8-7(11)2-6(10)3-12-8/h2-4H,1H3,(H,12,13,14). The summed E-state index contributed by atoms with van der Waals surface area (Å²) in [6.45, 7) is 1.96. The quantitative estimate of drug-likeness (QED) is 0.887. The van der Waals surface area contributed by atoms with Crippen molar-refractivity contribution in [1.29, 1.82) is 0 Å². The molecule has 0 radical (unpaired) electrons. The van der Waals surface area contributed by atoms with Crippen molar-refractivity contribution in [1.82, 2.24) is 9.97 Å². The number of anilines is 2. The molecule has 0 saturated carbocycles. The Morgan fingerprint density at radius 2 is 2.20 bits per heavy atom. The van der Waals surface area contributed by atoms with Gasteiger partial charge in [0.1, 0.15) is 5.82 Å². The van der Waals surface area contributed by atoms with E-state index in [9.17, 15) is 0 Å². The first-order valence-electron chi connectivity index (χ1n) is 4.15. The molecule has 0 atom stereocenters. The average molecular weight is 349 g/mol. The molecule has 0 amide bonds. The van der Waals surface area contributed by atoms with E-state index in [1.54, 1.807) is 17.5 Å². The Morgan fingerprint density at radius 1 is 1.40 bits per heavy atom. The van der Waals surface area contributed by atoms with Gasteiger partial charge in [-0.05, 0) is 44.8 Å². The molecule has 6 heteroatoms. The van der Waals surface area contributed by atoms with Gasteiger partial charge in [0, 0.05) is 16.0 Å². The molecule has 0 aromatic carbocycles. The largest absolute Gasteiger partial charge is 0.315 e. The molecule has 3 nitrogen and oxygen atoms in total. The molecular formula is C9H7Br2N3S. The lowest BCUT2D eigenvalue weighted by atomic mass is 10.5. The van der Waals surface area contributed by atoms with Gasteiger partial charge in [-0.15, -0.1) is 11.3 Å². The Morgan fingerprint density at radius 3 is 2.80 bits per heavy atom. The van der Waals surface area contributed by atoms with Gasteiger partial charge in [0.05, 0.1) is 10.2 Å². The number of halogens is 2. The zero-order valence-corrected chi connectivity index (χ0v) is 11.8. The summed E-state index contributed by atoms with van der Waals surface area (Å²) in [5, 5.41) is 5.99. The smallest absolute Gasteiger partial charge is 0.188 e. The van der Waals surface area contributed by atoms with Crippen LogP contribution in [0.1, 0.15) is 5.69 Å². The first kappa shape index (κ1) is 11.0. The van der Waals surface area contributed by atoms with Crippen LogP contribution in [0, 0.1) is 6.92 Å². The highest BCUT2D eigenvalue weighted by atomic mass is 79.9. The minimum atomic E-state index is 0.771. The lowest BCUT2D eigenvalue weighted by Gasteiger charge is -2.03. The number of nitrogens with one attached hydrogen (secondary N) is 1. The van der Waals surface area contributed by atoms with Crippen LogP contribution in [0.2, 0.25) is 0 Å². The molecule has 0 fully saturated rings. The number of aryl methyl sites for hydroxylation is 1. The molecule has 0 aliphatic heterocycles. The summed E-state index contributed by atoms with van der Waals surface area (Å²) >= 11 is 8.35. The van der Waals surface area contributed by atoms with Gasteiger partial charge in [0.2, 0.25) is 0 Å². The second-order valence-electron chi connectivity index (χ2n) is 2.90. The summed E-state index contributed by atoms with van der Waals surface area (Å²) in [6.07, 6.45) is 1.74. The molecule has 2 aromatic heterocycles. The highest BCUT2D eigenvalue weighted by Gasteiger charge is 2.04. The number of hydrogen-bond acceptors (Lipinski definition) is 4. The van der Waals surface area contributed by atoms with Crippen molar-refractivity contribution < 1.29 is 0 Å². The van der Waals surface area contributed by atoms with Crippen molar-refractivity contribution in [3.05, 3.63) is 32.3 Å². The number of nitrogens with zero attached hydrogens (tertiary/aromatic N) is 2. The van der Waals surface area contributed by atoms with Gasteiger partial charge in [0.15, 0.2) is 5.13 Å². The molecular weight excluding hydrogens is 342 g/mol. The fourth-order valence-electron chi connectivity index (χ4n) is 1.02. The molecule has 0 unspecified atom stereocenters. The van der Waals surface area contributed by atoms with E-state index in [-0.39, 0.29) is 0 Å². The summed E-state index contributed by atoms with van der Waals surface area (Å²) < 4.78 is 1.85. The van der Waals surface area contributed by atoms with Crippen molar-refractivity contribution in [3.63, 3.8) is 0 Å². The van der Waals surface area contributed by atoms with E-state index in [1.165, 1.54) is 0 Å². The van der Waals surface area contributed by atoms with Crippen LogP contribution in [0.4, 0.5) is 10.9 Å². The van der Waals surface area contributed by atoms with Crippen molar-refractivity contribution in [3.8, 4) is 0 Å². The minimum Gasteiger partial charge on any atom is -0.315 e. The lowest BCUT2D eigenvalue weighted by molar-refractivity contribution is 1.23. The first-order valence-corrected chi connectivity index (χ1v) is 6.62. The van der Waals surface area contributed by atoms with E-state index in [0.29, 0.717) is 0 Å². The van der Waals surface area contributed by atoms with Gasteiger partial charge in [-0.3, -0.25) is 0 Å². The second kappa shape index (κ2) is 4.59. The van der Waals surface area contributed by atoms with Gasteiger partial charge in [-0.2, -0.15) is 0 Å². The van der Waals surface area contributed by atoms with E-state index >= 15 is 0 Å². The first-order chi connectivity index (χ1) is 7.15. The number of aromatic nitrogens is 2. The summed E-state index contributed by atoms with van der Waals surface area (Å²) in [7, 11) is 0. The molecule has 0 saturated heterocycles. The van der Waals surface area contributed by atoms with Crippen LogP contribution in [-0.2, 0) is 0 Å². The Kier molecular flexibility index (Phi) is 3.38. The predicted molar refractivity (Wildman–Crippen MR) is 69.8 cm³/mol. The monoisotopic (exact) mass is 347 g/mol. The van der Waals surface area contributed by atoms with Crippen molar-refractivity contribution >= 4 is 54.1 Å². The fraction of sp³-hybridized carbons (Fsp3) is 0.111. The number of hydrogen-bond donors (Lipinski definition) is 1. The lowest BCUT2D eigenvalue weighted by Crippen LogP contribution is -1.93. The minimum absolute atomic E-state index is 0.771. The number of thiazole rings is 1. The van der Waals surface area contributed by atoms with Crippen LogP contribution >= 0.6 is 43.2 Å². The van der Waals surface area contributed by atoms with Crippen molar-refractivity contribution in [2.75, 3.05) is 5.32 Å². The maximum atomic E-state index is 4.30. The molecule has 2 heterocycles. The van der Waals surface area contributed by atoms with Crippen LogP contribution in [0.5, 0.6) is 0 Å². The molecule has 0 bridgehead atoms. The third kappa shape index (κ3) is 2.76. The summed E-state index contributed by atoms with van der Waals surface area (Å²) in [6, 6.07) is 1.94. The van der Waals surface area contributed by atoms with Crippen LogP contribution in [-0.4, -0.2) is 9.97 Å². The highest BCUT2D eigenvalue weighted by molar-refractivity contribution is 9.11. The molecule has 0 aliphatic carbocycles. The fourth-order valence-corrected chi connectivity index (χ4v) is 2.79. The van der Waals surface area contributed by atoms with Crippen LogP contribution < -0.4 is 5.32 Å². The molecule has 78 valence electrons. The Balaban J connectivity index is 2.24. The maximum absolute atomic E-state index is 4.30. The SMILES string of the molecule is Cc1csc(Nc2ncc(Br)cc2Br)n1. The van der Waals surface area contributed by atoms with Gasteiger partial charge in [0.25, 0.3) is 0 Å². The zero-order chi connectivity index (χ0) is 10.8. The molecule has 1 N–H and O–H groups in total. The van der Waals surface area contributed by atoms with Crippen molar-refractivity contribution in [2.24, 2.45) is 0 Å². The van der Waals surface area contributed by atoms with E-state index in [1.807, 2.05) is 18.4 Å². The van der Waals surface area contributed by atoms with E-state index in [2.05, 4.69) is 47.1 Å². The molecule has 0 spiro atoms. The van der Waals surface area contributed by atoms with E-state index in [0.717, 1.165) is 25.6 Å². The Hall–Kier alpha value is -0.460. The molecule has 2 rings (SSSR count). The summed E-state index contributed by atoms with van der Waals surface area (Å²) in [4.78, 5) is 8.55. The van der Waals surface area contributed by atoms with Gasteiger partial charge in [-0.1, -0.05) is 0 Å². The topological polar surface area (TPSA) is 37.8 Å². The maximum Gasteiger partial charge on any atom is 0.188 e. The Bertz CT molecular complexity index is 484. The normalized spacial score (nSPS) is 10.3. The average Bonchev–Trinajstić information content (AvgIpc) is 2.56. The second-order valence-corrected chi connectivity index (χ2v) is 5.53. The molecule has 2 aromatic rings. The number of rotatable bonds is 2. The summed E-state index contributed by atoms with van der Waals surface area (Å²) in [5.74, 6) is 0.771. The van der Waals surface area contributed by atoms with Gasteiger partial charge >= 0.3 is 0 Å². The van der Waals surface area contributed by atoms with E-state index in [4.69, 9.17) is 0 Å². The molecule has 15 heavy (non-hydrogen) atoms. The third-order valence-electron chi connectivity index (χ3n) is 1.65. The number of pyridine rings is 1. The van der Waals surface area contributed by atoms with Crippen LogP contribution in [0.15, 0.2) is 26.6 Å². The molecule has 0 aliphatic rings. The van der Waals surface area contributed by atoms with E-state index < -0.39 is 0 Å². The Labute approximate surface area is 108 Å². The predicted octanol–water partition coefficient (Wildman–Crippen LogP) is 4.12.